The number of rotatable bonds is 9. The number of carbonyl (C=O) groups is 1. The number of nitrogens with zero attached hydrogens (tertiary/aromatic N) is 3. The van der Waals surface area contributed by atoms with Crippen LogP contribution in [0, 0.1) is 0 Å². The molecule has 0 atom stereocenters. The number of H-pyrrole nitrogens is 1. The molecular weight excluding hydrogens is 574 g/mol. The maximum Gasteiger partial charge on any atom is 0.349 e. The summed E-state index contributed by atoms with van der Waals surface area (Å²) in [6.07, 6.45) is 1.83. The molecule has 236 valence electrons. The molecule has 1 aromatic heterocycles. The zero-order valence-corrected chi connectivity index (χ0v) is 26.1. The Hall–Kier alpha value is -4.48. The van der Waals surface area contributed by atoms with Gasteiger partial charge < -0.3 is 19.5 Å². The van der Waals surface area contributed by atoms with Crippen LogP contribution < -0.4 is 26.0 Å². The monoisotopic (exact) mass is 613 g/mol. The first-order valence-corrected chi connectivity index (χ1v) is 15.4. The van der Waals surface area contributed by atoms with E-state index in [4.69, 9.17) is 14.2 Å². The average molecular weight is 614 g/mol. The summed E-state index contributed by atoms with van der Waals surface area (Å²) in [5, 5.41) is 11.3. The lowest BCUT2D eigenvalue weighted by molar-refractivity contribution is 0.0323. The van der Waals surface area contributed by atoms with Crippen LogP contribution in [0.2, 0.25) is 0 Å². The number of morpholine rings is 1. The Balaban J connectivity index is 1.44. The van der Waals surface area contributed by atoms with E-state index in [2.05, 4.69) is 20.4 Å². The number of aromatic amines is 1. The Labute approximate surface area is 261 Å². The molecule has 0 radical (unpaired) electrons. The zero-order valence-electron chi connectivity index (χ0n) is 26.1. The smallest absolute Gasteiger partial charge is 0.349 e. The van der Waals surface area contributed by atoms with E-state index in [1.165, 1.54) is 7.11 Å². The van der Waals surface area contributed by atoms with Crippen molar-refractivity contribution in [1.82, 2.24) is 25.0 Å². The second-order valence-corrected chi connectivity index (χ2v) is 12.6. The highest BCUT2D eigenvalue weighted by atomic mass is 16.5. The number of amides is 1. The Bertz CT molecular complexity index is 1850. The highest BCUT2D eigenvalue weighted by Gasteiger charge is 2.29. The van der Waals surface area contributed by atoms with Gasteiger partial charge in [-0.3, -0.25) is 14.5 Å². The molecule has 6 rings (SSSR count). The van der Waals surface area contributed by atoms with Crippen LogP contribution in [0.15, 0.2) is 58.1 Å². The molecule has 1 aliphatic carbocycles. The van der Waals surface area contributed by atoms with Gasteiger partial charge in [0.05, 0.1) is 31.6 Å². The van der Waals surface area contributed by atoms with Crippen molar-refractivity contribution in [3.05, 3.63) is 80.5 Å². The summed E-state index contributed by atoms with van der Waals surface area (Å²) in [5.74, 6) is 0.522. The molecule has 1 aliphatic heterocycles. The van der Waals surface area contributed by atoms with Gasteiger partial charge in [0, 0.05) is 36.6 Å². The quantitative estimate of drug-likeness (QED) is 0.293. The number of methoxy groups -OCH3 is 1. The molecule has 1 saturated heterocycles. The van der Waals surface area contributed by atoms with E-state index in [9.17, 15) is 14.4 Å². The van der Waals surface area contributed by atoms with E-state index >= 15 is 0 Å². The van der Waals surface area contributed by atoms with E-state index < -0.39 is 16.7 Å². The van der Waals surface area contributed by atoms with Crippen molar-refractivity contribution >= 4 is 16.7 Å². The summed E-state index contributed by atoms with van der Waals surface area (Å²) in [5.41, 5.74) is 0.0328. The molecule has 3 aromatic carbocycles. The lowest BCUT2D eigenvalue weighted by atomic mass is 9.85. The summed E-state index contributed by atoms with van der Waals surface area (Å²) >= 11 is 0. The lowest BCUT2D eigenvalue weighted by Gasteiger charge is -2.26. The van der Waals surface area contributed by atoms with E-state index in [1.807, 2.05) is 51.1 Å². The van der Waals surface area contributed by atoms with Crippen LogP contribution in [0.4, 0.5) is 0 Å². The second kappa shape index (κ2) is 12.5. The maximum atomic E-state index is 14.2. The van der Waals surface area contributed by atoms with E-state index in [0.29, 0.717) is 17.9 Å². The van der Waals surface area contributed by atoms with Crippen LogP contribution in [0.5, 0.6) is 11.5 Å². The van der Waals surface area contributed by atoms with Gasteiger partial charge in [-0.2, -0.15) is 5.10 Å². The summed E-state index contributed by atoms with van der Waals surface area (Å²) in [6.45, 7) is 10.5. The molecule has 1 amide bonds. The molecule has 2 N–H and O–H groups in total. The standard InChI is InChI=1S/C34H39N5O6/c1-34(2,3)21-19-26(31(40)35-22-9-10-22)30(43-4)27(20-21)39-32(41)29(36-37-33(39)42)25-11-12-28(24-8-6-5-7-23(24)25)45-18-15-38-13-16-44-17-14-38/h5-8,11-12,19-20,22H,9-10,13-18H2,1-4H3,(H,35,40)(H,37,42). The average Bonchev–Trinajstić information content (AvgIpc) is 3.85. The predicted octanol–water partition coefficient (Wildman–Crippen LogP) is 3.65. The molecule has 2 fully saturated rings. The number of benzene rings is 3. The normalized spacial score (nSPS) is 15.6. The molecule has 2 aliphatic rings. The third kappa shape index (κ3) is 6.36. The summed E-state index contributed by atoms with van der Waals surface area (Å²) in [6, 6.07) is 14.9. The van der Waals surface area contributed by atoms with Crippen molar-refractivity contribution in [2.45, 2.75) is 45.1 Å². The predicted molar refractivity (Wildman–Crippen MR) is 172 cm³/mol. The lowest BCUT2D eigenvalue weighted by Crippen LogP contribution is -2.38. The van der Waals surface area contributed by atoms with Crippen LogP contribution in [0.1, 0.15) is 49.5 Å². The number of ether oxygens (including phenoxy) is 3. The Kier molecular flexibility index (Phi) is 8.48. The fourth-order valence-electron chi connectivity index (χ4n) is 5.59. The van der Waals surface area contributed by atoms with Gasteiger partial charge in [0.1, 0.15) is 12.4 Å². The van der Waals surface area contributed by atoms with Crippen LogP contribution in [0.25, 0.3) is 27.7 Å². The van der Waals surface area contributed by atoms with Crippen LogP contribution >= 0.6 is 0 Å². The molecular formula is C34H39N5O6. The van der Waals surface area contributed by atoms with E-state index in [1.54, 1.807) is 18.2 Å². The van der Waals surface area contributed by atoms with Crippen LogP contribution in [0.3, 0.4) is 0 Å². The minimum Gasteiger partial charge on any atom is -0.494 e. The third-order valence-electron chi connectivity index (χ3n) is 8.32. The van der Waals surface area contributed by atoms with Gasteiger partial charge in [-0.05, 0) is 53.5 Å². The zero-order chi connectivity index (χ0) is 31.7. The number of fused-ring (bicyclic) bond motifs is 1. The Morgan fingerprint density at radius 3 is 2.49 bits per heavy atom. The minimum atomic E-state index is -0.742. The minimum absolute atomic E-state index is 0.0536. The van der Waals surface area contributed by atoms with Crippen molar-refractivity contribution in [2.24, 2.45) is 0 Å². The number of hydrogen-bond acceptors (Lipinski definition) is 8. The number of nitrogens with one attached hydrogen (secondary N) is 2. The number of carbonyl (C=O) groups excluding carboxylic acids is 1. The van der Waals surface area contributed by atoms with Crippen LogP contribution in [-0.4, -0.2) is 78.2 Å². The third-order valence-corrected chi connectivity index (χ3v) is 8.32. The summed E-state index contributed by atoms with van der Waals surface area (Å²) < 4.78 is 18.4. The van der Waals surface area contributed by atoms with Gasteiger partial charge in [-0.15, -0.1) is 0 Å². The number of hydrogen-bond donors (Lipinski definition) is 2. The first-order valence-electron chi connectivity index (χ1n) is 15.4. The van der Waals surface area contributed by atoms with Gasteiger partial charge in [0.2, 0.25) is 0 Å². The van der Waals surface area contributed by atoms with E-state index in [0.717, 1.165) is 66.6 Å². The van der Waals surface area contributed by atoms with Gasteiger partial charge in [0.25, 0.3) is 11.5 Å². The van der Waals surface area contributed by atoms with Gasteiger partial charge in [0.15, 0.2) is 11.4 Å². The molecule has 1 saturated carbocycles. The first-order chi connectivity index (χ1) is 21.7. The maximum absolute atomic E-state index is 14.2. The highest BCUT2D eigenvalue weighted by Crippen LogP contribution is 2.35. The SMILES string of the molecule is COc1c(C(=O)NC2CC2)cc(C(C)(C)C)cc1-n1c(=O)[nH]nc(-c2ccc(OCCN3CCOCC3)c3ccccc23)c1=O. The van der Waals surface area contributed by atoms with Gasteiger partial charge in [-0.1, -0.05) is 45.0 Å². The fraction of sp³-hybridized carbons (Fsp3) is 0.412. The molecule has 2 heterocycles. The van der Waals surface area contributed by atoms with Crippen molar-refractivity contribution in [2.75, 3.05) is 46.6 Å². The van der Waals surface area contributed by atoms with Crippen LogP contribution in [-0.2, 0) is 10.2 Å². The topological polar surface area (TPSA) is 128 Å². The van der Waals surface area contributed by atoms with Crippen molar-refractivity contribution in [1.29, 1.82) is 0 Å². The molecule has 0 bridgehead atoms. The molecule has 0 spiro atoms. The van der Waals surface area contributed by atoms with Gasteiger partial charge >= 0.3 is 5.69 Å². The van der Waals surface area contributed by atoms with Gasteiger partial charge in [-0.25, -0.2) is 14.5 Å². The first kappa shape index (κ1) is 30.5. The molecule has 4 aromatic rings. The number of aromatic nitrogens is 3. The highest BCUT2D eigenvalue weighted by molar-refractivity contribution is 6.00. The molecule has 45 heavy (non-hydrogen) atoms. The summed E-state index contributed by atoms with van der Waals surface area (Å²) in [4.78, 5) is 43.2. The van der Waals surface area contributed by atoms with Crippen molar-refractivity contribution in [3.8, 4) is 28.4 Å². The molecule has 11 heteroatoms. The second-order valence-electron chi connectivity index (χ2n) is 12.6. The molecule has 11 nitrogen and oxygen atoms in total. The Morgan fingerprint density at radius 2 is 1.80 bits per heavy atom. The van der Waals surface area contributed by atoms with E-state index in [-0.39, 0.29) is 34.6 Å². The summed E-state index contributed by atoms with van der Waals surface area (Å²) in [7, 11) is 1.43. The largest absolute Gasteiger partial charge is 0.494 e. The molecule has 0 unspecified atom stereocenters. The fourth-order valence-corrected chi connectivity index (χ4v) is 5.59. The Morgan fingerprint density at radius 1 is 1.07 bits per heavy atom. The van der Waals surface area contributed by atoms with Crippen molar-refractivity contribution < 1.29 is 19.0 Å². The van der Waals surface area contributed by atoms with Crippen molar-refractivity contribution in [3.63, 3.8) is 0 Å².